The Bertz CT molecular complexity index is 2200. The van der Waals surface area contributed by atoms with Crippen LogP contribution in [0.25, 0.3) is 0 Å². The van der Waals surface area contributed by atoms with Gasteiger partial charge < -0.3 is 106 Å². The molecule has 0 saturated carbocycles. The van der Waals surface area contributed by atoms with Crippen molar-refractivity contribution in [2.45, 2.75) is 86.9 Å². The van der Waals surface area contributed by atoms with Crippen molar-refractivity contribution in [1.82, 2.24) is 0 Å². The van der Waals surface area contributed by atoms with Crippen molar-refractivity contribution in [2.75, 3.05) is 66.4 Å². The van der Waals surface area contributed by atoms with Crippen LogP contribution >= 0.6 is 12.4 Å². The normalized spacial score (nSPS) is 15.0. The van der Waals surface area contributed by atoms with E-state index in [0.29, 0.717) is 103 Å². The maximum Gasteiger partial charge on any atom is 0.496 e. The van der Waals surface area contributed by atoms with Gasteiger partial charge in [0.2, 0.25) is 0 Å². The Balaban J connectivity index is -0.000000451. The monoisotopic (exact) mass is 1160 g/mol. The van der Waals surface area contributed by atoms with Gasteiger partial charge >= 0.3 is 27.3 Å². The molecular weight excluding hydrogens is 1070 g/mol. The van der Waals surface area contributed by atoms with Crippen molar-refractivity contribution in [3.63, 3.8) is 0 Å². The third kappa shape index (κ3) is 24.8. The van der Waals surface area contributed by atoms with E-state index in [1.165, 1.54) is 12.1 Å². The summed E-state index contributed by atoms with van der Waals surface area (Å²) in [7, 11) is -1.91. The summed E-state index contributed by atoms with van der Waals surface area (Å²) in [4.78, 5) is 20.4. The van der Waals surface area contributed by atoms with E-state index in [1.54, 1.807) is 66.7 Å². The zero-order valence-electron chi connectivity index (χ0n) is 42.0. The van der Waals surface area contributed by atoms with Crippen LogP contribution in [-0.4, -0.2) is 150 Å². The van der Waals surface area contributed by atoms with Crippen LogP contribution in [0.3, 0.4) is 0 Å². The molecule has 8 rings (SSSR count). The molecule has 26 heteroatoms. The second-order valence-corrected chi connectivity index (χ2v) is 16.0. The summed E-state index contributed by atoms with van der Waals surface area (Å²) in [5.41, 5.74) is 20.4. The topological polar surface area (TPSA) is 395 Å². The van der Waals surface area contributed by atoms with E-state index in [0.717, 1.165) is 23.8 Å². The average molecular weight is 1160 g/mol. The Morgan fingerprint density at radius 2 is 0.840 bits per heavy atom. The third-order valence-electron chi connectivity index (χ3n) is 11.0. The largest absolute Gasteiger partial charge is 0.547 e. The molecule has 17 N–H and O–H groups in total. The number of fused-ring (bicyclic) bond motifs is 3. The Labute approximate surface area is 484 Å². The smallest absolute Gasteiger partial charge is 0.496 e. The fourth-order valence-corrected chi connectivity index (χ4v) is 7.46. The van der Waals surface area contributed by atoms with E-state index in [-0.39, 0.29) is 87.7 Å². The number of carboxylic acid groups (broad SMARTS) is 2. The number of hydrogen-bond donors (Lipinski definition) is 13. The number of carbonyl (C=O) groups excluding carboxylic acids is 1. The Hall–Kier alpha value is -5.68. The molecule has 0 fully saturated rings. The molecule has 0 amide bonds. The van der Waals surface area contributed by atoms with Crippen molar-refractivity contribution in [1.29, 1.82) is 0 Å². The Morgan fingerprint density at radius 3 is 1.11 bits per heavy atom. The number of rotatable bonds is 19. The van der Waals surface area contributed by atoms with Crippen LogP contribution in [0.4, 0.5) is 0 Å². The maximum atomic E-state index is 10.2. The molecule has 5 aromatic carbocycles. The van der Waals surface area contributed by atoms with Crippen LogP contribution in [0.1, 0.15) is 115 Å². The zero-order chi connectivity index (χ0) is 55.3. The second-order valence-electron chi connectivity index (χ2n) is 16.0. The van der Waals surface area contributed by atoms with Gasteiger partial charge in [0.25, 0.3) is 0 Å². The van der Waals surface area contributed by atoms with Gasteiger partial charge in [0, 0.05) is 75.7 Å². The molecule has 81 heavy (non-hydrogen) atoms. The molecule has 454 valence electrons. The van der Waals surface area contributed by atoms with Crippen molar-refractivity contribution >= 4 is 62.1 Å². The molecule has 0 radical (unpaired) electrons. The fraction of sp³-hybridized carbons (Fsp3) is 0.418. The number of aliphatic carboxylic acids is 2. The Kier molecular flexibility index (Phi) is 45.4. The summed E-state index contributed by atoms with van der Waals surface area (Å²) in [6.45, 7) is 2.72. The predicted octanol–water partition coefficient (Wildman–Crippen LogP) is 0.264. The molecule has 0 aliphatic carbocycles. The highest BCUT2D eigenvalue weighted by atomic mass is 35.5. The minimum atomic E-state index is -1.52. The van der Waals surface area contributed by atoms with Crippen LogP contribution in [0.5, 0.6) is 17.2 Å². The lowest BCUT2D eigenvalue weighted by Gasteiger charge is -2.11. The lowest BCUT2D eigenvalue weighted by Crippen LogP contribution is -2.53. The lowest BCUT2D eigenvalue weighted by molar-refractivity contribution is -0.383. The molecule has 0 saturated heterocycles. The molecule has 5 atom stereocenters. The van der Waals surface area contributed by atoms with Gasteiger partial charge in [-0.3, -0.25) is 0 Å². The summed E-state index contributed by atoms with van der Waals surface area (Å²) in [5.74, 6) is -0.884. The first kappa shape index (κ1) is 81.8. The molecule has 3 heterocycles. The number of nitrogens with two attached hydrogens (primary N) is 2. The molecule has 2 unspecified atom stereocenters. The van der Waals surface area contributed by atoms with Gasteiger partial charge in [0.1, 0.15) is 36.0 Å². The SMILES string of the molecule is C.C.C.C.C.CO.Cl.NCC1OB(O)c2c(OCCCO)cccc21.NCC1OB(O)c2c(OCCCO)cccc21.O=C(O)[C@H](O)c1ccccc1.O=C([O-])[C@H](O)c1ccccc1.[NH3+]C[C@H]1OB(O)c2c(OCCCO)cccc21. The van der Waals surface area contributed by atoms with Gasteiger partial charge in [0.05, 0.1) is 38.0 Å². The summed E-state index contributed by atoms with van der Waals surface area (Å²) >= 11 is 0. The van der Waals surface area contributed by atoms with E-state index >= 15 is 0 Å². The van der Waals surface area contributed by atoms with Gasteiger partial charge in [-0.15, -0.1) is 12.4 Å². The highest BCUT2D eigenvalue weighted by molar-refractivity contribution is 6.63. The second kappa shape index (κ2) is 44.9. The molecule has 3 aliphatic heterocycles. The molecule has 3 aliphatic rings. The molecule has 22 nitrogen and oxygen atoms in total. The summed E-state index contributed by atoms with van der Waals surface area (Å²) in [6.07, 6.45) is -1.96. The van der Waals surface area contributed by atoms with Crippen molar-refractivity contribution in [2.24, 2.45) is 11.5 Å². The number of quaternary nitrogens is 1. The first-order valence-electron chi connectivity index (χ1n) is 23.9. The lowest BCUT2D eigenvalue weighted by atomic mass is 9.78. The van der Waals surface area contributed by atoms with Gasteiger partial charge in [-0.1, -0.05) is 134 Å². The molecule has 5 aromatic rings. The Morgan fingerprint density at radius 1 is 0.543 bits per heavy atom. The summed E-state index contributed by atoms with van der Waals surface area (Å²) < 4.78 is 32.6. The van der Waals surface area contributed by atoms with Gasteiger partial charge in [-0.2, -0.15) is 0 Å². The number of aliphatic hydroxyl groups is 6. The zero-order valence-corrected chi connectivity index (χ0v) is 42.8. The van der Waals surface area contributed by atoms with E-state index < -0.39 is 45.5 Å². The van der Waals surface area contributed by atoms with Crippen molar-refractivity contribution < 1.29 is 99.4 Å². The maximum absolute atomic E-state index is 10.2. The van der Waals surface area contributed by atoms with Crippen molar-refractivity contribution in [3.05, 3.63) is 143 Å². The highest BCUT2D eigenvalue weighted by Crippen LogP contribution is 2.29. The summed E-state index contributed by atoms with van der Waals surface area (Å²) in [6, 6.07) is 33.0. The molecule has 0 bridgehead atoms. The van der Waals surface area contributed by atoms with E-state index in [9.17, 15) is 29.8 Å². The van der Waals surface area contributed by atoms with Crippen LogP contribution in [0.15, 0.2) is 115 Å². The van der Waals surface area contributed by atoms with Crippen LogP contribution < -0.4 is 52.9 Å². The predicted molar refractivity (Wildman–Crippen MR) is 316 cm³/mol. The number of aliphatic hydroxyl groups excluding tert-OH is 6. The van der Waals surface area contributed by atoms with Gasteiger partial charge in [-0.25, -0.2) is 4.79 Å². The highest BCUT2D eigenvalue weighted by Gasteiger charge is 2.39. The number of benzene rings is 5. The molecule has 0 spiro atoms. The molecular formula is C55H89B3ClN3O19. The third-order valence-corrected chi connectivity index (χ3v) is 11.0. The number of carboxylic acids is 2. The summed E-state index contributed by atoms with van der Waals surface area (Å²) in [5, 5.41) is 99.0. The average Bonchev–Trinajstić information content (AvgIpc) is 4.13. The minimum absolute atomic E-state index is 0. The number of hydrogen-bond acceptors (Lipinski definition) is 20. The van der Waals surface area contributed by atoms with Crippen LogP contribution in [-0.2, 0) is 23.6 Å². The quantitative estimate of drug-likeness (QED) is 0.0390. The number of halogens is 1. The first-order valence-corrected chi connectivity index (χ1v) is 23.9. The molecule has 0 aromatic heterocycles. The standard InChI is InChI=1S/3C11H16BNO4.2C8H8O3.CH4O.5CH4.ClH/c3*13-7-10-8-3-1-4-9(16-6-2-5-14)11(8)12(15)17-10;2*9-7(8(10)11)6-4-2-1-3-5-6;1-2;;;;;;/h3*1,3-4,10,14-15H,2,5-7,13H2;2*1-5,7,9H,(H,10,11);2H,1H3;5*1H4;1H/t10-;;;2*7-;;;;;;;/m1..11......./s1. The first-order chi connectivity index (χ1) is 36.3. The van der Waals surface area contributed by atoms with Crippen LogP contribution in [0.2, 0.25) is 0 Å². The fourth-order valence-electron chi connectivity index (χ4n) is 7.46. The van der Waals surface area contributed by atoms with E-state index in [4.69, 9.17) is 75.4 Å². The van der Waals surface area contributed by atoms with E-state index in [1.807, 2.05) is 36.4 Å². The van der Waals surface area contributed by atoms with Crippen LogP contribution in [0, 0.1) is 0 Å². The van der Waals surface area contributed by atoms with Crippen molar-refractivity contribution in [3.8, 4) is 17.2 Å². The van der Waals surface area contributed by atoms with E-state index in [2.05, 4.69) is 5.73 Å². The number of ether oxygens (including phenoxy) is 3. The number of carbonyl (C=O) groups is 2. The van der Waals surface area contributed by atoms with Gasteiger partial charge in [-0.05, 0) is 46.0 Å². The minimum Gasteiger partial charge on any atom is -0.547 e. The van der Waals surface area contributed by atoms with Gasteiger partial charge in [0.15, 0.2) is 6.10 Å².